The van der Waals surface area contributed by atoms with Gasteiger partial charge in [0.05, 0.1) is 16.9 Å². The normalized spacial score (nSPS) is 13.1. The molecule has 35 heavy (non-hydrogen) atoms. The lowest BCUT2D eigenvalue weighted by Gasteiger charge is -2.15. The number of benzene rings is 3. The van der Waals surface area contributed by atoms with Gasteiger partial charge in [0.2, 0.25) is 5.91 Å². The highest BCUT2D eigenvalue weighted by Gasteiger charge is 2.23. The molecule has 0 bridgehead atoms. The van der Waals surface area contributed by atoms with Crippen LogP contribution in [0.1, 0.15) is 35.3 Å². The number of hydrogen-bond donors (Lipinski definition) is 1. The Kier molecular flexibility index (Phi) is 6.01. The van der Waals surface area contributed by atoms with E-state index in [1.807, 2.05) is 47.0 Å². The van der Waals surface area contributed by atoms with Crippen LogP contribution in [0.5, 0.6) is 0 Å². The van der Waals surface area contributed by atoms with E-state index in [1.165, 1.54) is 23.1 Å². The second kappa shape index (κ2) is 9.59. The Morgan fingerprint density at radius 2 is 1.54 bits per heavy atom. The number of hydrogen-bond acceptors (Lipinski definition) is 3. The van der Waals surface area contributed by atoms with Gasteiger partial charge in [-0.25, -0.2) is 4.98 Å². The smallest absolute Gasteiger partial charge is 0.232 e. The molecule has 2 heterocycles. The van der Waals surface area contributed by atoms with Crippen molar-refractivity contribution in [2.24, 2.45) is 0 Å². The summed E-state index contributed by atoms with van der Waals surface area (Å²) >= 11 is 1.61. The van der Waals surface area contributed by atoms with Crippen molar-refractivity contribution in [3.8, 4) is 22.5 Å². The molecule has 0 saturated heterocycles. The summed E-state index contributed by atoms with van der Waals surface area (Å²) in [6.45, 7) is 0. The maximum Gasteiger partial charge on any atom is 0.232 e. The minimum Gasteiger partial charge on any atom is -0.332 e. The zero-order valence-electron chi connectivity index (χ0n) is 19.5. The van der Waals surface area contributed by atoms with E-state index in [9.17, 15) is 4.79 Å². The number of aromatic amines is 1. The van der Waals surface area contributed by atoms with E-state index in [4.69, 9.17) is 4.98 Å². The average Bonchev–Trinajstić information content (AvgIpc) is 3.49. The molecule has 0 aliphatic heterocycles. The maximum absolute atomic E-state index is 13.4. The van der Waals surface area contributed by atoms with Crippen LogP contribution in [0.25, 0.3) is 33.4 Å². The van der Waals surface area contributed by atoms with Gasteiger partial charge in [0.25, 0.3) is 0 Å². The van der Waals surface area contributed by atoms with Crippen molar-refractivity contribution < 1.29 is 4.79 Å². The molecule has 174 valence electrons. The largest absolute Gasteiger partial charge is 0.332 e. The van der Waals surface area contributed by atoms with Crippen LogP contribution in [0, 0.1) is 0 Å². The van der Waals surface area contributed by atoms with E-state index in [2.05, 4.69) is 47.4 Å². The SMILES string of the molecule is O=C(CCSc1nc(-c2ccccc2)c(-c2ccccc2)[nH]1)n1c2c(c3ccccc31)CCCC2. The Morgan fingerprint density at radius 1 is 0.857 bits per heavy atom. The molecule has 1 N–H and O–H groups in total. The molecule has 0 unspecified atom stereocenters. The third-order valence-corrected chi connectivity index (χ3v) is 7.65. The minimum atomic E-state index is 0.176. The molecule has 3 aromatic carbocycles. The predicted molar refractivity (Wildman–Crippen MR) is 144 cm³/mol. The first-order valence-corrected chi connectivity index (χ1v) is 13.3. The zero-order chi connectivity index (χ0) is 23.6. The van der Waals surface area contributed by atoms with Gasteiger partial charge in [0.15, 0.2) is 5.16 Å². The van der Waals surface area contributed by atoms with Crippen LogP contribution in [0.2, 0.25) is 0 Å². The summed E-state index contributed by atoms with van der Waals surface area (Å²) in [5, 5.41) is 2.09. The molecule has 4 nitrogen and oxygen atoms in total. The minimum absolute atomic E-state index is 0.176. The molecule has 2 aromatic heterocycles. The lowest BCUT2D eigenvalue weighted by Crippen LogP contribution is -2.16. The van der Waals surface area contributed by atoms with Gasteiger partial charge < -0.3 is 4.98 Å². The lowest BCUT2D eigenvalue weighted by atomic mass is 9.95. The Labute approximate surface area is 209 Å². The number of fused-ring (bicyclic) bond motifs is 3. The Bertz CT molecular complexity index is 1430. The van der Waals surface area contributed by atoms with Gasteiger partial charge in [-0.15, -0.1) is 0 Å². The summed E-state index contributed by atoms with van der Waals surface area (Å²) in [5.41, 5.74) is 7.79. The summed E-state index contributed by atoms with van der Waals surface area (Å²) in [4.78, 5) is 21.9. The molecular formula is C30H27N3OS. The second-order valence-corrected chi connectivity index (χ2v) is 10.1. The van der Waals surface area contributed by atoms with Gasteiger partial charge in [-0.2, -0.15) is 0 Å². The summed E-state index contributed by atoms with van der Waals surface area (Å²) in [6.07, 6.45) is 4.89. The van der Waals surface area contributed by atoms with Gasteiger partial charge in [-0.3, -0.25) is 9.36 Å². The molecule has 1 aliphatic carbocycles. The highest BCUT2D eigenvalue weighted by Crippen LogP contribution is 2.34. The fourth-order valence-corrected chi connectivity index (χ4v) is 5.97. The molecule has 0 fully saturated rings. The fraction of sp³-hybridized carbons (Fsp3) is 0.200. The first kappa shape index (κ1) is 21.9. The topological polar surface area (TPSA) is 50.7 Å². The predicted octanol–water partition coefficient (Wildman–Crippen LogP) is 7.40. The number of para-hydroxylation sites is 1. The highest BCUT2D eigenvalue weighted by molar-refractivity contribution is 7.99. The number of aromatic nitrogens is 3. The Hall–Kier alpha value is -3.57. The molecule has 5 heteroatoms. The van der Waals surface area contributed by atoms with Crippen molar-refractivity contribution in [2.45, 2.75) is 37.3 Å². The number of H-pyrrole nitrogens is 1. The summed E-state index contributed by atoms with van der Waals surface area (Å²) in [7, 11) is 0. The van der Waals surface area contributed by atoms with E-state index in [-0.39, 0.29) is 5.91 Å². The van der Waals surface area contributed by atoms with Gasteiger partial charge in [0.1, 0.15) is 0 Å². The molecule has 6 rings (SSSR count). The Balaban J connectivity index is 1.24. The summed E-state index contributed by atoms with van der Waals surface area (Å²) in [6, 6.07) is 28.9. The van der Waals surface area contributed by atoms with Gasteiger partial charge >= 0.3 is 0 Å². The maximum atomic E-state index is 13.4. The summed E-state index contributed by atoms with van der Waals surface area (Å²) < 4.78 is 2.00. The fourth-order valence-electron chi connectivity index (χ4n) is 5.17. The number of nitrogens with one attached hydrogen (secondary N) is 1. The van der Waals surface area contributed by atoms with Crippen molar-refractivity contribution in [3.05, 3.63) is 96.2 Å². The average molecular weight is 478 g/mol. The number of nitrogens with zero attached hydrogens (tertiary/aromatic N) is 2. The number of rotatable bonds is 6. The van der Waals surface area contributed by atoms with Crippen molar-refractivity contribution >= 4 is 28.6 Å². The van der Waals surface area contributed by atoms with Crippen LogP contribution in [-0.2, 0) is 12.8 Å². The van der Waals surface area contributed by atoms with E-state index < -0.39 is 0 Å². The van der Waals surface area contributed by atoms with Crippen molar-refractivity contribution in [3.63, 3.8) is 0 Å². The molecule has 0 radical (unpaired) electrons. The first-order chi connectivity index (χ1) is 17.3. The molecule has 0 atom stereocenters. The molecule has 0 spiro atoms. The third kappa shape index (κ3) is 4.21. The van der Waals surface area contributed by atoms with E-state index in [1.54, 1.807) is 11.8 Å². The van der Waals surface area contributed by atoms with Crippen LogP contribution in [0.15, 0.2) is 90.1 Å². The van der Waals surface area contributed by atoms with Crippen molar-refractivity contribution in [1.82, 2.24) is 14.5 Å². The monoisotopic (exact) mass is 477 g/mol. The molecule has 0 amide bonds. The molecule has 5 aromatic rings. The molecule has 1 aliphatic rings. The van der Waals surface area contributed by atoms with Crippen LogP contribution in [-0.4, -0.2) is 26.2 Å². The second-order valence-electron chi connectivity index (χ2n) is 8.97. The number of thioether (sulfide) groups is 1. The molecule has 0 saturated carbocycles. The highest BCUT2D eigenvalue weighted by atomic mass is 32.2. The van der Waals surface area contributed by atoms with Gasteiger partial charge in [0, 0.05) is 34.4 Å². The van der Waals surface area contributed by atoms with Crippen LogP contribution in [0.3, 0.4) is 0 Å². The first-order valence-electron chi connectivity index (χ1n) is 12.3. The number of carbonyl (C=O) groups excluding carboxylic acids is 1. The standard InChI is InChI=1S/C30H27N3OS/c34-27(33-25-17-9-7-15-23(25)24-16-8-10-18-26(24)33)19-20-35-30-31-28(21-11-3-1-4-12-21)29(32-30)22-13-5-2-6-14-22/h1-7,9,11-15,17H,8,10,16,18-20H2,(H,31,32). The van der Waals surface area contributed by atoms with Gasteiger partial charge in [-0.05, 0) is 37.3 Å². The van der Waals surface area contributed by atoms with Crippen LogP contribution < -0.4 is 0 Å². The van der Waals surface area contributed by atoms with Crippen molar-refractivity contribution in [2.75, 3.05) is 5.75 Å². The van der Waals surface area contributed by atoms with Crippen LogP contribution in [0.4, 0.5) is 0 Å². The quantitative estimate of drug-likeness (QED) is 0.259. The van der Waals surface area contributed by atoms with E-state index in [0.29, 0.717) is 12.2 Å². The number of imidazole rings is 1. The van der Waals surface area contributed by atoms with E-state index in [0.717, 1.165) is 52.5 Å². The van der Waals surface area contributed by atoms with E-state index >= 15 is 0 Å². The number of aryl methyl sites for hydroxylation is 1. The Morgan fingerprint density at radius 3 is 2.34 bits per heavy atom. The van der Waals surface area contributed by atoms with Crippen LogP contribution >= 0.6 is 11.8 Å². The molecular weight excluding hydrogens is 450 g/mol. The third-order valence-electron chi connectivity index (χ3n) is 6.77. The van der Waals surface area contributed by atoms with Crippen molar-refractivity contribution in [1.29, 1.82) is 0 Å². The van der Waals surface area contributed by atoms with Gasteiger partial charge in [-0.1, -0.05) is 90.6 Å². The number of carbonyl (C=O) groups is 1. The summed E-state index contributed by atoms with van der Waals surface area (Å²) in [5.74, 6) is 0.853. The lowest BCUT2D eigenvalue weighted by molar-refractivity contribution is 0.0912. The zero-order valence-corrected chi connectivity index (χ0v) is 20.4.